The molecule has 5 nitrogen and oxygen atoms in total. The first-order valence-corrected chi connectivity index (χ1v) is 10.3. The molecule has 1 heterocycles. The highest BCUT2D eigenvalue weighted by Gasteiger charge is 2.39. The van der Waals surface area contributed by atoms with Gasteiger partial charge in [0.05, 0.1) is 15.6 Å². The predicted octanol–water partition coefficient (Wildman–Crippen LogP) is 4.09. The number of rotatable bonds is 4. The lowest BCUT2D eigenvalue weighted by atomic mass is 10.2. The number of sulfonamides is 1. The molecule has 0 radical (unpaired) electrons. The molecule has 26 heavy (non-hydrogen) atoms. The van der Waals surface area contributed by atoms with E-state index in [0.717, 1.165) is 5.56 Å². The highest BCUT2D eigenvalue weighted by atomic mass is 35.5. The van der Waals surface area contributed by atoms with Gasteiger partial charge in [0.1, 0.15) is 6.04 Å². The average molecular weight is 413 g/mol. The van der Waals surface area contributed by atoms with Crippen LogP contribution in [0, 0.1) is 6.92 Å². The Kier molecular flexibility index (Phi) is 5.58. The maximum atomic E-state index is 12.9. The van der Waals surface area contributed by atoms with Gasteiger partial charge >= 0.3 is 0 Å². The number of aryl methyl sites for hydroxylation is 1. The van der Waals surface area contributed by atoms with E-state index in [-0.39, 0.29) is 4.90 Å². The largest absolute Gasteiger partial charge is 0.323 e. The molecule has 0 aromatic heterocycles. The van der Waals surface area contributed by atoms with Crippen molar-refractivity contribution in [3.63, 3.8) is 0 Å². The van der Waals surface area contributed by atoms with Gasteiger partial charge < -0.3 is 5.32 Å². The Morgan fingerprint density at radius 2 is 1.85 bits per heavy atom. The number of hydrogen-bond donors (Lipinski definition) is 1. The van der Waals surface area contributed by atoms with Gasteiger partial charge in [-0.3, -0.25) is 4.79 Å². The van der Waals surface area contributed by atoms with Gasteiger partial charge in [-0.15, -0.1) is 0 Å². The van der Waals surface area contributed by atoms with Gasteiger partial charge in [0.15, 0.2) is 0 Å². The summed E-state index contributed by atoms with van der Waals surface area (Å²) in [5.74, 6) is -0.401. The van der Waals surface area contributed by atoms with Crippen LogP contribution in [0.3, 0.4) is 0 Å². The van der Waals surface area contributed by atoms with E-state index in [4.69, 9.17) is 23.2 Å². The topological polar surface area (TPSA) is 66.5 Å². The number of nitrogens with one attached hydrogen (secondary N) is 1. The molecule has 0 saturated carbocycles. The van der Waals surface area contributed by atoms with E-state index in [1.807, 2.05) is 6.92 Å². The van der Waals surface area contributed by atoms with E-state index in [1.54, 1.807) is 36.4 Å². The van der Waals surface area contributed by atoms with Crippen molar-refractivity contribution in [1.29, 1.82) is 0 Å². The van der Waals surface area contributed by atoms with Crippen LogP contribution in [-0.4, -0.2) is 31.2 Å². The van der Waals surface area contributed by atoms with Crippen molar-refractivity contribution in [2.45, 2.75) is 30.7 Å². The van der Waals surface area contributed by atoms with Crippen molar-refractivity contribution in [1.82, 2.24) is 4.31 Å². The number of halogens is 2. The van der Waals surface area contributed by atoms with E-state index < -0.39 is 22.0 Å². The lowest BCUT2D eigenvalue weighted by Gasteiger charge is -2.23. The smallest absolute Gasteiger partial charge is 0.243 e. The van der Waals surface area contributed by atoms with E-state index >= 15 is 0 Å². The minimum atomic E-state index is -3.74. The van der Waals surface area contributed by atoms with Crippen LogP contribution >= 0.6 is 23.2 Å². The molecular formula is C18H18Cl2N2O3S. The van der Waals surface area contributed by atoms with Crippen molar-refractivity contribution in [3.8, 4) is 0 Å². The van der Waals surface area contributed by atoms with Crippen LogP contribution in [0.15, 0.2) is 47.4 Å². The van der Waals surface area contributed by atoms with E-state index in [2.05, 4.69) is 5.32 Å². The molecule has 0 bridgehead atoms. The van der Waals surface area contributed by atoms with Crippen molar-refractivity contribution in [2.24, 2.45) is 0 Å². The summed E-state index contributed by atoms with van der Waals surface area (Å²) >= 11 is 11.9. The van der Waals surface area contributed by atoms with Gasteiger partial charge in [-0.25, -0.2) is 8.42 Å². The SMILES string of the molecule is Cc1ccc(S(=O)(=O)N2CCCC2C(=O)Nc2ccc(Cl)cc2Cl)cc1. The third kappa shape index (κ3) is 3.88. The zero-order valence-corrected chi connectivity index (χ0v) is 16.4. The van der Waals surface area contributed by atoms with Crippen LogP contribution in [0.4, 0.5) is 5.69 Å². The van der Waals surface area contributed by atoms with Crippen molar-refractivity contribution >= 4 is 44.8 Å². The van der Waals surface area contributed by atoms with Gasteiger partial charge in [-0.05, 0) is 50.1 Å². The van der Waals surface area contributed by atoms with Crippen LogP contribution in [0.1, 0.15) is 18.4 Å². The zero-order chi connectivity index (χ0) is 18.9. The number of amides is 1. The predicted molar refractivity (Wildman–Crippen MR) is 103 cm³/mol. The first kappa shape index (κ1) is 19.2. The first-order chi connectivity index (χ1) is 12.3. The summed E-state index contributed by atoms with van der Waals surface area (Å²) in [5, 5.41) is 3.46. The number of anilines is 1. The van der Waals surface area contributed by atoms with Crippen LogP contribution < -0.4 is 5.32 Å². The summed E-state index contributed by atoms with van der Waals surface area (Å²) in [6, 6.07) is 10.6. The zero-order valence-electron chi connectivity index (χ0n) is 14.1. The molecule has 1 N–H and O–H groups in total. The average Bonchev–Trinajstić information content (AvgIpc) is 3.08. The maximum absolute atomic E-state index is 12.9. The molecule has 1 saturated heterocycles. The summed E-state index contributed by atoms with van der Waals surface area (Å²) in [7, 11) is -3.74. The summed E-state index contributed by atoms with van der Waals surface area (Å²) in [6.07, 6.45) is 1.08. The van der Waals surface area contributed by atoms with Crippen LogP contribution in [0.25, 0.3) is 0 Å². The maximum Gasteiger partial charge on any atom is 0.243 e. The number of benzene rings is 2. The molecule has 8 heteroatoms. The van der Waals surface area contributed by atoms with E-state index in [1.165, 1.54) is 10.4 Å². The second-order valence-corrected chi connectivity index (χ2v) is 8.93. The van der Waals surface area contributed by atoms with E-state index in [9.17, 15) is 13.2 Å². The third-order valence-corrected chi connectivity index (χ3v) is 6.79. The van der Waals surface area contributed by atoms with Gasteiger partial charge in [0.25, 0.3) is 0 Å². The lowest BCUT2D eigenvalue weighted by Crippen LogP contribution is -2.43. The molecule has 1 aliphatic heterocycles. The van der Waals surface area contributed by atoms with Gasteiger partial charge in [0, 0.05) is 11.6 Å². The van der Waals surface area contributed by atoms with Gasteiger partial charge in [-0.1, -0.05) is 40.9 Å². The Morgan fingerprint density at radius 3 is 2.50 bits per heavy atom. The first-order valence-electron chi connectivity index (χ1n) is 8.13. The van der Waals surface area contributed by atoms with Crippen molar-refractivity contribution in [3.05, 3.63) is 58.1 Å². The Hall–Kier alpha value is -1.60. The Labute approximate surface area is 163 Å². The quantitative estimate of drug-likeness (QED) is 0.821. The Bertz CT molecular complexity index is 930. The minimum Gasteiger partial charge on any atom is -0.323 e. The highest BCUT2D eigenvalue weighted by molar-refractivity contribution is 7.89. The van der Waals surface area contributed by atoms with E-state index in [0.29, 0.717) is 35.1 Å². The normalized spacial score (nSPS) is 18.0. The lowest BCUT2D eigenvalue weighted by molar-refractivity contribution is -0.119. The molecule has 1 amide bonds. The summed E-state index contributed by atoms with van der Waals surface area (Å²) in [6.45, 7) is 2.20. The molecule has 0 aliphatic carbocycles. The fourth-order valence-corrected chi connectivity index (χ4v) is 5.05. The summed E-state index contributed by atoms with van der Waals surface area (Å²) in [4.78, 5) is 12.9. The Morgan fingerprint density at radius 1 is 1.15 bits per heavy atom. The van der Waals surface area contributed by atoms with Crippen LogP contribution in [0.5, 0.6) is 0 Å². The summed E-state index contributed by atoms with van der Waals surface area (Å²) < 4.78 is 27.1. The second-order valence-electron chi connectivity index (χ2n) is 6.20. The molecule has 3 rings (SSSR count). The molecule has 138 valence electrons. The number of nitrogens with zero attached hydrogens (tertiary/aromatic N) is 1. The Balaban J connectivity index is 1.83. The van der Waals surface area contributed by atoms with Crippen molar-refractivity contribution in [2.75, 3.05) is 11.9 Å². The van der Waals surface area contributed by atoms with Crippen LogP contribution in [0.2, 0.25) is 10.0 Å². The number of hydrogen-bond acceptors (Lipinski definition) is 3. The van der Waals surface area contributed by atoms with Crippen molar-refractivity contribution < 1.29 is 13.2 Å². The van der Waals surface area contributed by atoms with Gasteiger partial charge in [0.2, 0.25) is 15.9 Å². The summed E-state index contributed by atoms with van der Waals surface area (Å²) in [5.41, 5.74) is 1.37. The molecule has 1 fully saturated rings. The fourth-order valence-electron chi connectivity index (χ4n) is 2.94. The molecule has 2 aromatic carbocycles. The van der Waals surface area contributed by atoms with Crippen LogP contribution in [-0.2, 0) is 14.8 Å². The third-order valence-electron chi connectivity index (χ3n) is 4.32. The molecule has 0 spiro atoms. The number of carbonyl (C=O) groups is 1. The molecule has 2 aromatic rings. The second kappa shape index (κ2) is 7.56. The molecule has 1 atom stereocenters. The number of carbonyl (C=O) groups excluding carboxylic acids is 1. The molecular weight excluding hydrogens is 395 g/mol. The molecule has 1 unspecified atom stereocenters. The molecule has 1 aliphatic rings. The van der Waals surface area contributed by atoms with Gasteiger partial charge in [-0.2, -0.15) is 4.31 Å². The standard InChI is InChI=1S/C18H18Cl2N2O3S/c1-12-4-7-14(8-5-12)26(24,25)22-10-2-3-17(22)18(23)21-16-9-6-13(19)11-15(16)20/h4-9,11,17H,2-3,10H2,1H3,(H,21,23). The fraction of sp³-hybridized carbons (Fsp3) is 0.278. The monoisotopic (exact) mass is 412 g/mol. The highest BCUT2D eigenvalue weighted by Crippen LogP contribution is 2.29. The minimum absolute atomic E-state index is 0.187.